The smallest absolute Gasteiger partial charge is 0.0693 e. The molecule has 0 aliphatic heterocycles. The monoisotopic (exact) mass is 219 g/mol. The molecule has 0 spiro atoms. The lowest BCUT2D eigenvalue weighted by Crippen LogP contribution is -2.20. The Labute approximate surface area is 86.8 Å². The largest absolute Gasteiger partial charge is 0.396 e. The Morgan fingerprint density at radius 1 is 1.23 bits per heavy atom. The zero-order valence-electron chi connectivity index (χ0n) is 6.93. The molecule has 0 heterocycles. The highest BCUT2D eigenvalue weighted by Crippen LogP contribution is 2.30. The minimum atomic E-state index is -0.254. The maximum Gasteiger partial charge on any atom is 0.0693 e. The van der Waals surface area contributed by atoms with Gasteiger partial charge in [-0.05, 0) is 17.7 Å². The topological polar surface area (TPSA) is 78.1 Å². The van der Waals surface area contributed by atoms with E-state index in [4.69, 9.17) is 40.4 Å². The summed E-state index contributed by atoms with van der Waals surface area (Å²) in [5.41, 5.74) is 17.8. The van der Waals surface area contributed by atoms with Crippen LogP contribution in [0.25, 0.3) is 0 Å². The molecule has 13 heavy (non-hydrogen) atoms. The summed E-state index contributed by atoms with van der Waals surface area (Å²) in [7, 11) is 0. The lowest BCUT2D eigenvalue weighted by molar-refractivity contribution is 0.737. The number of benzene rings is 1. The van der Waals surface area contributed by atoms with Gasteiger partial charge in [0.2, 0.25) is 0 Å². The zero-order valence-corrected chi connectivity index (χ0v) is 8.44. The predicted octanol–water partition coefficient (Wildman–Crippen LogP) is 1.53. The second-order valence-corrected chi connectivity index (χ2v) is 3.55. The van der Waals surface area contributed by atoms with E-state index in [-0.39, 0.29) is 6.04 Å². The Kier molecular flexibility index (Phi) is 3.39. The van der Waals surface area contributed by atoms with Crippen LogP contribution in [0, 0.1) is 0 Å². The van der Waals surface area contributed by atoms with Gasteiger partial charge < -0.3 is 17.2 Å². The molecule has 0 unspecified atom stereocenters. The molecule has 0 amide bonds. The molecule has 1 aromatic rings. The first kappa shape index (κ1) is 10.6. The number of anilines is 1. The van der Waals surface area contributed by atoms with Crippen LogP contribution in [0.1, 0.15) is 11.6 Å². The van der Waals surface area contributed by atoms with E-state index in [9.17, 15) is 0 Å². The molecular weight excluding hydrogens is 209 g/mol. The van der Waals surface area contributed by atoms with E-state index in [0.29, 0.717) is 22.3 Å². The molecule has 1 atom stereocenters. The van der Waals surface area contributed by atoms with Crippen LogP contribution in [0.5, 0.6) is 0 Å². The normalized spacial score (nSPS) is 12.9. The molecule has 0 saturated carbocycles. The van der Waals surface area contributed by atoms with E-state index < -0.39 is 0 Å². The molecule has 5 heteroatoms. The first-order valence-corrected chi connectivity index (χ1v) is 4.52. The van der Waals surface area contributed by atoms with Crippen molar-refractivity contribution in [3.8, 4) is 0 Å². The number of hydrogen-bond acceptors (Lipinski definition) is 3. The SMILES string of the molecule is NC[C@H](N)c1cc(Cl)c(N)c(Cl)c1. The highest BCUT2D eigenvalue weighted by molar-refractivity contribution is 6.38. The summed E-state index contributed by atoms with van der Waals surface area (Å²) in [4.78, 5) is 0. The summed E-state index contributed by atoms with van der Waals surface area (Å²) in [6, 6.07) is 3.11. The van der Waals surface area contributed by atoms with Crippen molar-refractivity contribution < 1.29 is 0 Å². The van der Waals surface area contributed by atoms with Crippen LogP contribution >= 0.6 is 23.2 Å². The maximum absolute atomic E-state index is 5.81. The van der Waals surface area contributed by atoms with E-state index in [2.05, 4.69) is 0 Å². The summed E-state index contributed by atoms with van der Waals surface area (Å²) in [5.74, 6) is 0. The zero-order chi connectivity index (χ0) is 10.0. The second kappa shape index (κ2) is 4.15. The molecule has 0 radical (unpaired) electrons. The number of nitrogens with two attached hydrogens (primary N) is 3. The summed E-state index contributed by atoms with van der Waals surface area (Å²) >= 11 is 11.6. The van der Waals surface area contributed by atoms with Crippen molar-refractivity contribution in [1.82, 2.24) is 0 Å². The van der Waals surface area contributed by atoms with Crippen LogP contribution in [-0.4, -0.2) is 6.54 Å². The minimum Gasteiger partial charge on any atom is -0.396 e. The van der Waals surface area contributed by atoms with Gasteiger partial charge in [0.15, 0.2) is 0 Å². The fourth-order valence-electron chi connectivity index (χ4n) is 0.954. The van der Waals surface area contributed by atoms with Gasteiger partial charge in [-0.25, -0.2) is 0 Å². The third-order valence-corrected chi connectivity index (χ3v) is 2.41. The molecule has 1 aromatic carbocycles. The van der Waals surface area contributed by atoms with Crippen molar-refractivity contribution in [1.29, 1.82) is 0 Å². The predicted molar refractivity (Wildman–Crippen MR) is 56.9 cm³/mol. The third-order valence-electron chi connectivity index (χ3n) is 1.78. The van der Waals surface area contributed by atoms with Gasteiger partial charge in [0.05, 0.1) is 15.7 Å². The van der Waals surface area contributed by atoms with Crippen molar-refractivity contribution in [2.45, 2.75) is 6.04 Å². The van der Waals surface area contributed by atoms with Gasteiger partial charge in [0.25, 0.3) is 0 Å². The summed E-state index contributed by atoms with van der Waals surface area (Å²) in [5, 5.41) is 0.817. The van der Waals surface area contributed by atoms with E-state index in [0.717, 1.165) is 5.56 Å². The molecule has 3 nitrogen and oxygen atoms in total. The molecule has 72 valence electrons. The number of nitrogen functional groups attached to an aromatic ring is 1. The average Bonchev–Trinajstić information content (AvgIpc) is 2.12. The number of halogens is 2. The molecule has 0 aliphatic rings. The lowest BCUT2D eigenvalue weighted by Gasteiger charge is -2.11. The average molecular weight is 220 g/mol. The van der Waals surface area contributed by atoms with Gasteiger partial charge in [0, 0.05) is 12.6 Å². The molecule has 0 saturated heterocycles. The highest BCUT2D eigenvalue weighted by atomic mass is 35.5. The summed E-state index contributed by atoms with van der Waals surface area (Å²) in [6.45, 7) is 0.344. The Morgan fingerprint density at radius 3 is 2.08 bits per heavy atom. The Balaban J connectivity index is 3.13. The van der Waals surface area contributed by atoms with Crippen LogP contribution in [0.3, 0.4) is 0 Å². The standard InChI is InChI=1S/C8H11Cl2N3/c9-5-1-4(7(12)3-11)2-6(10)8(5)13/h1-2,7H,3,11-13H2/t7-/m0/s1. The van der Waals surface area contributed by atoms with Crippen LogP contribution < -0.4 is 17.2 Å². The van der Waals surface area contributed by atoms with Crippen LogP contribution in [0.15, 0.2) is 12.1 Å². The number of rotatable bonds is 2. The first-order valence-electron chi connectivity index (χ1n) is 3.76. The first-order chi connectivity index (χ1) is 6.06. The summed E-state index contributed by atoms with van der Waals surface area (Å²) in [6.07, 6.45) is 0. The van der Waals surface area contributed by atoms with Gasteiger partial charge in [-0.1, -0.05) is 23.2 Å². The Hall–Kier alpha value is -0.480. The van der Waals surface area contributed by atoms with E-state index in [1.807, 2.05) is 0 Å². The molecular formula is C8H11Cl2N3. The Morgan fingerprint density at radius 2 is 1.69 bits per heavy atom. The van der Waals surface area contributed by atoms with Crippen molar-refractivity contribution >= 4 is 28.9 Å². The van der Waals surface area contributed by atoms with Gasteiger partial charge in [0.1, 0.15) is 0 Å². The fraction of sp³-hybridized carbons (Fsp3) is 0.250. The lowest BCUT2D eigenvalue weighted by atomic mass is 10.1. The van der Waals surface area contributed by atoms with E-state index >= 15 is 0 Å². The molecule has 1 rings (SSSR count). The Bertz CT molecular complexity index is 291. The van der Waals surface area contributed by atoms with Crippen LogP contribution in [0.4, 0.5) is 5.69 Å². The second-order valence-electron chi connectivity index (χ2n) is 2.74. The third kappa shape index (κ3) is 2.25. The van der Waals surface area contributed by atoms with Crippen molar-refractivity contribution in [3.05, 3.63) is 27.7 Å². The molecule has 0 fully saturated rings. The van der Waals surface area contributed by atoms with Crippen LogP contribution in [0.2, 0.25) is 10.0 Å². The summed E-state index contributed by atoms with van der Waals surface area (Å²) < 4.78 is 0. The van der Waals surface area contributed by atoms with Crippen molar-refractivity contribution in [3.63, 3.8) is 0 Å². The maximum atomic E-state index is 5.81. The van der Waals surface area contributed by atoms with E-state index in [1.165, 1.54) is 0 Å². The fourth-order valence-corrected chi connectivity index (χ4v) is 1.46. The quantitative estimate of drug-likeness (QED) is 0.661. The van der Waals surface area contributed by atoms with Gasteiger partial charge in [-0.2, -0.15) is 0 Å². The van der Waals surface area contributed by atoms with Gasteiger partial charge in [-0.15, -0.1) is 0 Å². The molecule has 0 bridgehead atoms. The van der Waals surface area contributed by atoms with Gasteiger partial charge >= 0.3 is 0 Å². The molecule has 6 N–H and O–H groups in total. The van der Waals surface area contributed by atoms with Crippen LogP contribution in [-0.2, 0) is 0 Å². The minimum absolute atomic E-state index is 0.254. The van der Waals surface area contributed by atoms with Crippen molar-refractivity contribution in [2.24, 2.45) is 11.5 Å². The molecule has 0 aliphatic carbocycles. The van der Waals surface area contributed by atoms with Crippen molar-refractivity contribution in [2.75, 3.05) is 12.3 Å². The van der Waals surface area contributed by atoms with E-state index in [1.54, 1.807) is 12.1 Å². The number of hydrogen-bond donors (Lipinski definition) is 3. The van der Waals surface area contributed by atoms with Gasteiger partial charge in [-0.3, -0.25) is 0 Å². The highest BCUT2D eigenvalue weighted by Gasteiger charge is 2.09. The molecule has 0 aromatic heterocycles.